The van der Waals surface area contributed by atoms with Crippen molar-refractivity contribution in [2.24, 2.45) is 0 Å². The van der Waals surface area contributed by atoms with Gasteiger partial charge in [-0.15, -0.1) is 0 Å². The molecular formula is C21H13NO5. The fraction of sp³-hybridized carbons (Fsp3) is 0.0476. The quantitative estimate of drug-likeness (QED) is 0.692. The van der Waals surface area contributed by atoms with E-state index >= 15 is 0 Å². The number of aromatic carboxylic acids is 1. The SMILES string of the molecule is N#C/C(=C/c1ccc(-c2ccccc2C(=O)O)o1)c1ccc2c(c1)OCO2. The Morgan fingerprint density at radius 1 is 1.07 bits per heavy atom. The lowest BCUT2D eigenvalue weighted by Crippen LogP contribution is -1.98. The van der Waals surface area contributed by atoms with Crippen molar-refractivity contribution in [3.8, 4) is 28.9 Å². The van der Waals surface area contributed by atoms with Gasteiger partial charge in [0.25, 0.3) is 0 Å². The van der Waals surface area contributed by atoms with Crippen LogP contribution in [0.5, 0.6) is 11.5 Å². The molecule has 0 atom stereocenters. The van der Waals surface area contributed by atoms with Gasteiger partial charge in [0, 0.05) is 5.56 Å². The summed E-state index contributed by atoms with van der Waals surface area (Å²) in [7, 11) is 0. The lowest BCUT2D eigenvalue weighted by atomic mass is 10.1. The second-order valence-corrected chi connectivity index (χ2v) is 5.79. The molecule has 0 spiro atoms. The van der Waals surface area contributed by atoms with Gasteiger partial charge in [0.15, 0.2) is 11.5 Å². The van der Waals surface area contributed by atoms with E-state index in [1.807, 2.05) is 0 Å². The number of furan rings is 1. The van der Waals surface area contributed by atoms with E-state index in [2.05, 4.69) is 6.07 Å². The normalized spacial score (nSPS) is 12.6. The van der Waals surface area contributed by atoms with E-state index in [4.69, 9.17) is 13.9 Å². The third-order valence-corrected chi connectivity index (χ3v) is 4.14. The number of hydrogen-bond donors (Lipinski definition) is 1. The second kappa shape index (κ2) is 6.73. The van der Waals surface area contributed by atoms with Crippen molar-refractivity contribution < 1.29 is 23.8 Å². The van der Waals surface area contributed by atoms with Crippen molar-refractivity contribution in [1.82, 2.24) is 0 Å². The number of hydrogen-bond acceptors (Lipinski definition) is 5. The van der Waals surface area contributed by atoms with Crippen LogP contribution in [0.25, 0.3) is 23.0 Å². The molecule has 1 aliphatic rings. The summed E-state index contributed by atoms with van der Waals surface area (Å²) in [6.45, 7) is 0.162. The van der Waals surface area contributed by atoms with Crippen LogP contribution in [-0.4, -0.2) is 17.9 Å². The molecule has 0 amide bonds. The summed E-state index contributed by atoms with van der Waals surface area (Å²) in [6, 6.07) is 17.4. The van der Waals surface area contributed by atoms with Gasteiger partial charge in [-0.1, -0.05) is 18.2 Å². The Balaban J connectivity index is 1.69. The molecule has 4 rings (SSSR count). The van der Waals surface area contributed by atoms with Gasteiger partial charge < -0.3 is 19.0 Å². The number of ether oxygens (including phenoxy) is 2. The van der Waals surface area contributed by atoms with Crippen LogP contribution >= 0.6 is 0 Å². The number of fused-ring (bicyclic) bond motifs is 1. The van der Waals surface area contributed by atoms with Crippen LogP contribution in [0.3, 0.4) is 0 Å². The van der Waals surface area contributed by atoms with Crippen LogP contribution in [0.1, 0.15) is 21.7 Å². The van der Waals surface area contributed by atoms with Crippen molar-refractivity contribution in [1.29, 1.82) is 5.26 Å². The Bertz CT molecular complexity index is 1100. The van der Waals surface area contributed by atoms with Crippen molar-refractivity contribution in [2.75, 3.05) is 6.79 Å². The Morgan fingerprint density at radius 2 is 1.89 bits per heavy atom. The first-order valence-corrected chi connectivity index (χ1v) is 8.10. The summed E-state index contributed by atoms with van der Waals surface area (Å²) >= 11 is 0. The third kappa shape index (κ3) is 3.14. The zero-order chi connectivity index (χ0) is 18.8. The Kier molecular flexibility index (Phi) is 4.11. The molecule has 6 heteroatoms. The molecule has 0 unspecified atom stereocenters. The Morgan fingerprint density at radius 3 is 2.70 bits per heavy atom. The number of carboxylic acid groups (broad SMARTS) is 1. The maximum Gasteiger partial charge on any atom is 0.336 e. The number of carboxylic acids is 1. The summed E-state index contributed by atoms with van der Waals surface area (Å²) in [5.41, 5.74) is 1.69. The van der Waals surface area contributed by atoms with E-state index in [9.17, 15) is 15.2 Å². The van der Waals surface area contributed by atoms with Gasteiger partial charge in [-0.05, 0) is 48.0 Å². The smallest absolute Gasteiger partial charge is 0.336 e. The third-order valence-electron chi connectivity index (χ3n) is 4.14. The topological polar surface area (TPSA) is 92.7 Å². The van der Waals surface area contributed by atoms with Gasteiger partial charge in [0.2, 0.25) is 6.79 Å². The average molecular weight is 359 g/mol. The van der Waals surface area contributed by atoms with Gasteiger partial charge in [-0.3, -0.25) is 0 Å². The molecule has 0 radical (unpaired) electrons. The maximum atomic E-state index is 11.4. The highest BCUT2D eigenvalue weighted by molar-refractivity contribution is 5.95. The summed E-state index contributed by atoms with van der Waals surface area (Å²) in [5, 5.41) is 18.8. The lowest BCUT2D eigenvalue weighted by molar-refractivity contribution is 0.0697. The molecule has 2 heterocycles. The van der Waals surface area contributed by atoms with Crippen LogP contribution in [0.4, 0.5) is 0 Å². The first kappa shape index (κ1) is 16.5. The van der Waals surface area contributed by atoms with Crippen molar-refractivity contribution in [2.45, 2.75) is 0 Å². The Labute approximate surface area is 154 Å². The van der Waals surface area contributed by atoms with Gasteiger partial charge >= 0.3 is 5.97 Å². The minimum absolute atomic E-state index is 0.152. The molecule has 0 saturated heterocycles. The van der Waals surface area contributed by atoms with E-state index in [0.717, 1.165) is 0 Å². The number of benzene rings is 2. The van der Waals surface area contributed by atoms with Crippen LogP contribution in [0.15, 0.2) is 59.0 Å². The summed E-state index contributed by atoms with van der Waals surface area (Å²) in [6.07, 6.45) is 1.60. The summed E-state index contributed by atoms with van der Waals surface area (Å²) < 4.78 is 16.4. The van der Waals surface area contributed by atoms with E-state index in [1.165, 1.54) is 6.07 Å². The molecule has 3 aromatic rings. The maximum absolute atomic E-state index is 11.4. The highest BCUT2D eigenvalue weighted by Gasteiger charge is 2.16. The van der Waals surface area contributed by atoms with Crippen molar-refractivity contribution in [3.05, 3.63) is 71.5 Å². The van der Waals surface area contributed by atoms with E-state index in [-0.39, 0.29) is 12.4 Å². The average Bonchev–Trinajstić information content (AvgIpc) is 3.34. The van der Waals surface area contributed by atoms with E-state index < -0.39 is 5.97 Å². The first-order valence-electron chi connectivity index (χ1n) is 8.10. The molecule has 2 aromatic carbocycles. The minimum Gasteiger partial charge on any atom is -0.478 e. The van der Waals surface area contributed by atoms with Crippen LogP contribution in [0, 0.1) is 11.3 Å². The fourth-order valence-corrected chi connectivity index (χ4v) is 2.85. The molecule has 0 saturated carbocycles. The minimum atomic E-state index is -1.03. The number of carbonyl (C=O) groups is 1. The number of nitriles is 1. The monoisotopic (exact) mass is 359 g/mol. The van der Waals surface area contributed by atoms with Gasteiger partial charge in [0.1, 0.15) is 11.5 Å². The van der Waals surface area contributed by atoms with Crippen LogP contribution < -0.4 is 9.47 Å². The predicted octanol–water partition coefficient (Wildman–Crippen LogP) is 4.44. The zero-order valence-electron chi connectivity index (χ0n) is 14.0. The molecule has 0 bridgehead atoms. The van der Waals surface area contributed by atoms with Crippen LogP contribution in [0.2, 0.25) is 0 Å². The molecule has 1 aliphatic heterocycles. The molecule has 1 aromatic heterocycles. The first-order chi connectivity index (χ1) is 13.2. The molecule has 6 nitrogen and oxygen atoms in total. The number of nitrogens with zero attached hydrogens (tertiary/aromatic N) is 1. The van der Waals surface area contributed by atoms with Crippen LogP contribution in [-0.2, 0) is 0 Å². The highest BCUT2D eigenvalue weighted by atomic mass is 16.7. The second-order valence-electron chi connectivity index (χ2n) is 5.79. The van der Waals surface area contributed by atoms with E-state index in [1.54, 1.807) is 54.6 Å². The lowest BCUT2D eigenvalue weighted by Gasteiger charge is -2.02. The molecule has 0 aliphatic carbocycles. The molecule has 27 heavy (non-hydrogen) atoms. The number of allylic oxidation sites excluding steroid dienone is 1. The van der Waals surface area contributed by atoms with Crippen molar-refractivity contribution in [3.63, 3.8) is 0 Å². The van der Waals surface area contributed by atoms with E-state index in [0.29, 0.717) is 39.7 Å². The number of rotatable bonds is 4. The molecular weight excluding hydrogens is 346 g/mol. The van der Waals surface area contributed by atoms with Gasteiger partial charge in [-0.2, -0.15) is 5.26 Å². The summed E-state index contributed by atoms with van der Waals surface area (Å²) in [4.78, 5) is 11.4. The van der Waals surface area contributed by atoms with Gasteiger partial charge in [-0.25, -0.2) is 4.79 Å². The van der Waals surface area contributed by atoms with Crippen molar-refractivity contribution >= 4 is 17.6 Å². The predicted molar refractivity (Wildman–Crippen MR) is 97.2 cm³/mol. The molecule has 132 valence electrons. The standard InChI is InChI=1S/C21H13NO5/c22-11-14(13-5-7-19-20(10-13)26-12-25-19)9-15-6-8-18(27-15)16-3-1-2-4-17(16)21(23)24/h1-10H,12H2,(H,23,24)/b14-9-. The van der Waals surface area contributed by atoms with Gasteiger partial charge in [0.05, 0.1) is 17.2 Å². The zero-order valence-corrected chi connectivity index (χ0v) is 14.0. The summed E-state index contributed by atoms with van der Waals surface area (Å²) in [5.74, 6) is 1.06. The molecule has 1 N–H and O–H groups in total. The largest absolute Gasteiger partial charge is 0.478 e. The fourth-order valence-electron chi connectivity index (χ4n) is 2.85. The highest BCUT2D eigenvalue weighted by Crippen LogP contribution is 2.35. The molecule has 0 fully saturated rings. The Hall–Kier alpha value is -3.98.